The minimum atomic E-state index is -0.272. The van der Waals surface area contributed by atoms with Gasteiger partial charge in [-0.2, -0.15) is 0 Å². The fraction of sp³-hybridized carbons (Fsp3) is 0.474. The topological polar surface area (TPSA) is 42.4 Å². The number of ether oxygens (including phenoxy) is 1. The molecule has 0 aliphatic carbocycles. The van der Waals surface area contributed by atoms with Crippen LogP contribution in [0.3, 0.4) is 0 Å². The van der Waals surface area contributed by atoms with Gasteiger partial charge in [-0.15, -0.1) is 11.3 Å². The molecule has 1 fully saturated rings. The molecule has 1 aliphatic rings. The van der Waals surface area contributed by atoms with Gasteiger partial charge in [0.25, 0.3) is 0 Å². The highest BCUT2D eigenvalue weighted by Crippen LogP contribution is 2.25. The Labute approximate surface area is 151 Å². The minimum absolute atomic E-state index is 0.0712. The van der Waals surface area contributed by atoms with Crippen LogP contribution in [0, 0.1) is 5.82 Å². The van der Waals surface area contributed by atoms with E-state index in [-0.39, 0.29) is 23.4 Å². The predicted octanol–water partition coefficient (Wildman–Crippen LogP) is 3.91. The van der Waals surface area contributed by atoms with Gasteiger partial charge < -0.3 is 9.64 Å². The number of aryl methyl sites for hydroxylation is 1. The normalized spacial score (nSPS) is 19.8. The number of hydrogen-bond acceptors (Lipinski definition) is 4. The highest BCUT2D eigenvalue weighted by molar-refractivity contribution is 7.09. The number of hydrogen-bond donors (Lipinski definition) is 0. The molecule has 1 unspecified atom stereocenters. The number of amides is 1. The first-order chi connectivity index (χ1) is 11.8. The Morgan fingerprint density at radius 1 is 1.40 bits per heavy atom. The summed E-state index contributed by atoms with van der Waals surface area (Å²) in [5.41, 5.74) is 1.44. The molecular formula is C19H23FN2O2S. The maximum absolute atomic E-state index is 13.0. The van der Waals surface area contributed by atoms with E-state index in [2.05, 4.69) is 4.98 Å². The van der Waals surface area contributed by atoms with Crippen LogP contribution in [0.2, 0.25) is 0 Å². The van der Waals surface area contributed by atoms with Crippen molar-refractivity contribution >= 4 is 17.2 Å². The van der Waals surface area contributed by atoms with Crippen molar-refractivity contribution in [2.45, 2.75) is 45.3 Å². The standard InChI is InChI=1S/C19H23FN2O2S/c1-13-10-22(19(2,3)12-24-13)18(23)9-8-17-21-16(11-25-17)14-4-6-15(20)7-5-14/h4-7,11,13H,8-10,12H2,1-3H3. The average molecular weight is 362 g/mol. The number of nitrogens with zero attached hydrogens (tertiary/aromatic N) is 2. The lowest BCUT2D eigenvalue weighted by molar-refractivity contribution is -0.152. The monoisotopic (exact) mass is 362 g/mol. The van der Waals surface area contributed by atoms with Gasteiger partial charge in [-0.05, 0) is 45.0 Å². The molecule has 0 bridgehead atoms. The van der Waals surface area contributed by atoms with Crippen LogP contribution < -0.4 is 0 Å². The molecule has 134 valence electrons. The minimum Gasteiger partial charge on any atom is -0.374 e. The lowest BCUT2D eigenvalue weighted by atomic mass is 10.00. The van der Waals surface area contributed by atoms with Gasteiger partial charge in [-0.25, -0.2) is 9.37 Å². The van der Waals surface area contributed by atoms with Crippen molar-refractivity contribution in [3.8, 4) is 11.3 Å². The Kier molecular flexibility index (Phi) is 5.20. The Morgan fingerprint density at radius 3 is 2.84 bits per heavy atom. The Bertz CT molecular complexity index is 742. The number of carbonyl (C=O) groups is 1. The molecule has 1 aromatic carbocycles. The van der Waals surface area contributed by atoms with Crippen molar-refractivity contribution in [3.05, 3.63) is 40.5 Å². The molecule has 1 atom stereocenters. The lowest BCUT2D eigenvalue weighted by Crippen LogP contribution is -2.57. The van der Waals surface area contributed by atoms with Crippen LogP contribution >= 0.6 is 11.3 Å². The number of carbonyl (C=O) groups excluding carboxylic acids is 1. The van der Waals surface area contributed by atoms with Gasteiger partial charge in [-0.3, -0.25) is 4.79 Å². The van der Waals surface area contributed by atoms with Crippen LogP contribution in [0.5, 0.6) is 0 Å². The molecule has 2 heterocycles. The van der Waals surface area contributed by atoms with E-state index in [1.54, 1.807) is 12.1 Å². The smallest absolute Gasteiger partial charge is 0.223 e. The predicted molar refractivity (Wildman–Crippen MR) is 97.0 cm³/mol. The van der Waals surface area contributed by atoms with E-state index in [0.29, 0.717) is 26.0 Å². The van der Waals surface area contributed by atoms with Crippen molar-refractivity contribution in [2.24, 2.45) is 0 Å². The summed E-state index contributed by atoms with van der Waals surface area (Å²) in [6, 6.07) is 6.30. The third-order valence-electron chi connectivity index (χ3n) is 4.44. The summed E-state index contributed by atoms with van der Waals surface area (Å²) in [6.07, 6.45) is 1.13. The first-order valence-corrected chi connectivity index (χ1v) is 9.35. The highest BCUT2D eigenvalue weighted by atomic mass is 32.1. The van der Waals surface area contributed by atoms with Gasteiger partial charge in [-0.1, -0.05) is 0 Å². The van der Waals surface area contributed by atoms with E-state index in [4.69, 9.17) is 4.74 Å². The summed E-state index contributed by atoms with van der Waals surface area (Å²) in [4.78, 5) is 19.2. The summed E-state index contributed by atoms with van der Waals surface area (Å²) in [5, 5.41) is 2.88. The number of aromatic nitrogens is 1. The van der Waals surface area contributed by atoms with Gasteiger partial charge in [0.15, 0.2) is 0 Å². The van der Waals surface area contributed by atoms with E-state index in [1.807, 2.05) is 31.1 Å². The highest BCUT2D eigenvalue weighted by Gasteiger charge is 2.36. The van der Waals surface area contributed by atoms with E-state index in [9.17, 15) is 9.18 Å². The van der Waals surface area contributed by atoms with E-state index < -0.39 is 0 Å². The fourth-order valence-corrected chi connectivity index (χ4v) is 3.76. The molecule has 1 aromatic heterocycles. The number of rotatable bonds is 4. The van der Waals surface area contributed by atoms with Crippen molar-refractivity contribution in [2.75, 3.05) is 13.2 Å². The van der Waals surface area contributed by atoms with Crippen LogP contribution in [0.15, 0.2) is 29.6 Å². The fourth-order valence-electron chi connectivity index (χ4n) is 2.95. The number of thiazole rings is 1. The van der Waals surface area contributed by atoms with Gasteiger partial charge in [0, 0.05) is 30.3 Å². The van der Waals surface area contributed by atoms with Crippen LogP contribution in [-0.4, -0.2) is 40.6 Å². The van der Waals surface area contributed by atoms with Crippen molar-refractivity contribution in [1.29, 1.82) is 0 Å². The number of halogens is 1. The Morgan fingerprint density at radius 2 is 2.12 bits per heavy atom. The summed E-state index contributed by atoms with van der Waals surface area (Å²) in [5.74, 6) is -0.120. The summed E-state index contributed by atoms with van der Waals surface area (Å²) in [7, 11) is 0. The second-order valence-electron chi connectivity index (χ2n) is 7.07. The van der Waals surface area contributed by atoms with E-state index in [0.717, 1.165) is 16.3 Å². The molecule has 0 spiro atoms. The summed E-state index contributed by atoms with van der Waals surface area (Å²) < 4.78 is 18.7. The molecule has 2 aromatic rings. The average Bonchev–Trinajstić information content (AvgIpc) is 3.04. The summed E-state index contributed by atoms with van der Waals surface area (Å²) in [6.45, 7) is 7.25. The van der Waals surface area contributed by atoms with Crippen molar-refractivity contribution in [3.63, 3.8) is 0 Å². The molecule has 25 heavy (non-hydrogen) atoms. The van der Waals surface area contributed by atoms with Crippen LogP contribution in [0.1, 0.15) is 32.2 Å². The third kappa shape index (κ3) is 4.25. The van der Waals surface area contributed by atoms with Crippen LogP contribution in [0.25, 0.3) is 11.3 Å². The molecule has 0 saturated carbocycles. The maximum atomic E-state index is 13.0. The molecule has 0 radical (unpaired) electrons. The van der Waals surface area contributed by atoms with Gasteiger partial charge in [0.2, 0.25) is 5.91 Å². The van der Waals surface area contributed by atoms with Crippen molar-refractivity contribution in [1.82, 2.24) is 9.88 Å². The van der Waals surface area contributed by atoms with E-state index in [1.165, 1.54) is 23.5 Å². The lowest BCUT2D eigenvalue weighted by Gasteiger charge is -2.44. The molecular weight excluding hydrogens is 339 g/mol. The molecule has 1 amide bonds. The zero-order valence-corrected chi connectivity index (χ0v) is 15.6. The first-order valence-electron chi connectivity index (χ1n) is 8.47. The second kappa shape index (κ2) is 7.22. The van der Waals surface area contributed by atoms with E-state index >= 15 is 0 Å². The van der Waals surface area contributed by atoms with Gasteiger partial charge in [0.05, 0.1) is 29.0 Å². The SMILES string of the molecule is CC1CN(C(=O)CCc2nc(-c3ccc(F)cc3)cs2)C(C)(C)CO1. The van der Waals surface area contributed by atoms with Gasteiger partial charge in [0.1, 0.15) is 5.82 Å². The quantitative estimate of drug-likeness (QED) is 0.828. The molecule has 1 aliphatic heterocycles. The number of benzene rings is 1. The largest absolute Gasteiger partial charge is 0.374 e. The summed E-state index contributed by atoms with van der Waals surface area (Å²) >= 11 is 1.54. The molecule has 1 saturated heterocycles. The zero-order chi connectivity index (χ0) is 18.0. The van der Waals surface area contributed by atoms with Gasteiger partial charge >= 0.3 is 0 Å². The zero-order valence-electron chi connectivity index (χ0n) is 14.8. The molecule has 0 N–H and O–H groups in total. The maximum Gasteiger partial charge on any atom is 0.223 e. The number of morpholine rings is 1. The van der Waals surface area contributed by atoms with Crippen molar-refractivity contribution < 1.29 is 13.9 Å². The Hall–Kier alpha value is -1.79. The Balaban J connectivity index is 1.62. The third-order valence-corrected chi connectivity index (χ3v) is 5.35. The second-order valence-corrected chi connectivity index (χ2v) is 8.01. The molecule has 6 heteroatoms. The first kappa shape index (κ1) is 18.0. The van der Waals surface area contributed by atoms with Crippen LogP contribution in [0.4, 0.5) is 4.39 Å². The molecule has 4 nitrogen and oxygen atoms in total. The van der Waals surface area contributed by atoms with Crippen LogP contribution in [-0.2, 0) is 16.0 Å². The molecule has 3 rings (SSSR count).